The zero-order chi connectivity index (χ0) is 16.8. The van der Waals surface area contributed by atoms with E-state index in [0.29, 0.717) is 26.1 Å². The lowest BCUT2D eigenvalue weighted by Gasteiger charge is -2.27. The van der Waals surface area contributed by atoms with Gasteiger partial charge in [-0.1, -0.05) is 18.2 Å². The van der Waals surface area contributed by atoms with Gasteiger partial charge in [-0.15, -0.1) is 0 Å². The number of carbonyl (C=O) groups excluding carboxylic acids is 1. The van der Waals surface area contributed by atoms with Crippen LogP contribution in [0.3, 0.4) is 0 Å². The number of hydrogen-bond acceptors (Lipinski definition) is 4. The largest absolute Gasteiger partial charge is 0.378 e. The lowest BCUT2D eigenvalue weighted by molar-refractivity contribution is -0.132. The first-order valence-electron chi connectivity index (χ1n) is 8.77. The summed E-state index contributed by atoms with van der Waals surface area (Å²) in [5.41, 5.74) is 0.723. The Morgan fingerprint density at radius 1 is 1.25 bits per heavy atom. The Morgan fingerprint density at radius 3 is 2.92 bits per heavy atom. The van der Waals surface area contributed by atoms with E-state index in [4.69, 9.17) is 4.74 Å². The van der Waals surface area contributed by atoms with Crippen molar-refractivity contribution in [3.8, 4) is 0 Å². The molecule has 0 saturated carbocycles. The highest BCUT2D eigenvalue weighted by atomic mass is 19.1. The number of rotatable bonds is 4. The maximum Gasteiger partial charge on any atom is 0.224 e. The molecule has 0 bridgehead atoms. The normalized spacial score (nSPS) is 23.0. The number of ether oxygens (including phenoxy) is 1. The standard InChI is InChI=1S/C18H26FN3O2/c19-17-5-2-1-4-15(17)13-21-7-3-8-22(10-9-21)18(23)12-16-14-24-11-6-20-16/h1-2,4-5,16,20H,3,6-14H2. The fourth-order valence-electron chi connectivity index (χ4n) is 3.34. The molecule has 0 spiro atoms. The molecule has 5 nitrogen and oxygen atoms in total. The smallest absolute Gasteiger partial charge is 0.224 e. The fraction of sp³-hybridized carbons (Fsp3) is 0.611. The minimum atomic E-state index is -0.155. The van der Waals surface area contributed by atoms with Crippen molar-refractivity contribution >= 4 is 5.91 Å². The maximum atomic E-state index is 13.8. The molecule has 0 aromatic heterocycles. The minimum Gasteiger partial charge on any atom is -0.378 e. The molecule has 0 radical (unpaired) electrons. The summed E-state index contributed by atoms with van der Waals surface area (Å²) in [4.78, 5) is 16.7. The van der Waals surface area contributed by atoms with Crippen LogP contribution in [0.15, 0.2) is 24.3 Å². The summed E-state index contributed by atoms with van der Waals surface area (Å²) in [6.07, 6.45) is 1.42. The van der Waals surface area contributed by atoms with Gasteiger partial charge >= 0.3 is 0 Å². The molecule has 24 heavy (non-hydrogen) atoms. The fourth-order valence-corrected chi connectivity index (χ4v) is 3.34. The van der Waals surface area contributed by atoms with Crippen molar-refractivity contribution in [2.75, 3.05) is 45.9 Å². The van der Waals surface area contributed by atoms with Crippen LogP contribution in [-0.2, 0) is 16.1 Å². The van der Waals surface area contributed by atoms with Gasteiger partial charge in [0.15, 0.2) is 0 Å². The van der Waals surface area contributed by atoms with Crippen LogP contribution in [0.25, 0.3) is 0 Å². The first-order chi connectivity index (χ1) is 11.7. The predicted molar refractivity (Wildman–Crippen MR) is 90.1 cm³/mol. The summed E-state index contributed by atoms with van der Waals surface area (Å²) < 4.78 is 19.2. The monoisotopic (exact) mass is 335 g/mol. The van der Waals surface area contributed by atoms with Crippen molar-refractivity contribution in [2.24, 2.45) is 0 Å². The molecule has 2 heterocycles. The van der Waals surface area contributed by atoms with E-state index in [1.165, 1.54) is 6.07 Å². The number of halogens is 1. The van der Waals surface area contributed by atoms with Gasteiger partial charge < -0.3 is 15.0 Å². The van der Waals surface area contributed by atoms with E-state index in [-0.39, 0.29) is 17.8 Å². The maximum absolute atomic E-state index is 13.8. The summed E-state index contributed by atoms with van der Waals surface area (Å²) in [6, 6.07) is 7.04. The van der Waals surface area contributed by atoms with E-state index in [1.807, 2.05) is 17.0 Å². The Bertz CT molecular complexity index is 549. The number of amides is 1. The van der Waals surface area contributed by atoms with Crippen LogP contribution < -0.4 is 5.32 Å². The molecule has 1 atom stereocenters. The minimum absolute atomic E-state index is 0.129. The molecule has 1 aromatic carbocycles. The van der Waals surface area contributed by atoms with Crippen LogP contribution in [0.5, 0.6) is 0 Å². The van der Waals surface area contributed by atoms with Crippen molar-refractivity contribution in [1.82, 2.24) is 15.1 Å². The van der Waals surface area contributed by atoms with Crippen molar-refractivity contribution in [3.05, 3.63) is 35.6 Å². The predicted octanol–water partition coefficient (Wildman–Crippen LogP) is 1.24. The molecule has 1 amide bonds. The van der Waals surface area contributed by atoms with Gasteiger partial charge in [0.1, 0.15) is 5.82 Å². The second-order valence-electron chi connectivity index (χ2n) is 6.53. The Kier molecular flexibility index (Phi) is 6.18. The quantitative estimate of drug-likeness (QED) is 0.899. The number of hydrogen-bond donors (Lipinski definition) is 1. The molecule has 1 N–H and O–H groups in total. The second-order valence-corrected chi connectivity index (χ2v) is 6.53. The lowest BCUT2D eigenvalue weighted by atomic mass is 10.1. The summed E-state index contributed by atoms with van der Waals surface area (Å²) in [5, 5.41) is 3.33. The molecule has 1 aromatic rings. The molecule has 0 aliphatic carbocycles. The van der Waals surface area contributed by atoms with E-state index in [1.54, 1.807) is 6.07 Å². The second kappa shape index (κ2) is 8.55. The molecule has 3 rings (SSSR count). The molecule has 132 valence electrons. The molecule has 1 unspecified atom stereocenters. The van der Waals surface area contributed by atoms with Crippen molar-refractivity contribution in [2.45, 2.75) is 25.4 Å². The first-order valence-corrected chi connectivity index (χ1v) is 8.77. The van der Waals surface area contributed by atoms with Crippen molar-refractivity contribution in [3.63, 3.8) is 0 Å². The zero-order valence-corrected chi connectivity index (χ0v) is 14.0. The summed E-state index contributed by atoms with van der Waals surface area (Å²) >= 11 is 0. The average Bonchev–Trinajstić information content (AvgIpc) is 2.84. The summed E-state index contributed by atoms with van der Waals surface area (Å²) in [5.74, 6) is 0.0313. The highest BCUT2D eigenvalue weighted by molar-refractivity contribution is 5.76. The van der Waals surface area contributed by atoms with Crippen molar-refractivity contribution in [1.29, 1.82) is 0 Å². The Labute approximate surface area is 142 Å². The number of nitrogens with zero attached hydrogens (tertiary/aromatic N) is 2. The molecule has 2 aliphatic heterocycles. The van der Waals surface area contributed by atoms with Gasteiger partial charge in [-0.05, 0) is 12.5 Å². The van der Waals surface area contributed by atoms with Gasteiger partial charge in [0.05, 0.1) is 13.2 Å². The Hall–Kier alpha value is -1.50. The van der Waals surface area contributed by atoms with E-state index >= 15 is 0 Å². The molecular formula is C18H26FN3O2. The molecule has 6 heteroatoms. The van der Waals surface area contributed by atoms with Crippen molar-refractivity contribution < 1.29 is 13.9 Å². The van der Waals surface area contributed by atoms with Crippen LogP contribution in [0.4, 0.5) is 4.39 Å². The van der Waals surface area contributed by atoms with E-state index < -0.39 is 0 Å². The third kappa shape index (κ3) is 4.75. The van der Waals surface area contributed by atoms with Gasteiger partial charge in [-0.3, -0.25) is 9.69 Å². The van der Waals surface area contributed by atoms with Crippen LogP contribution >= 0.6 is 0 Å². The van der Waals surface area contributed by atoms with Crippen LogP contribution in [0.2, 0.25) is 0 Å². The third-order valence-corrected chi connectivity index (χ3v) is 4.71. The van der Waals surface area contributed by atoms with E-state index in [0.717, 1.165) is 44.8 Å². The van der Waals surface area contributed by atoms with Gasteiger partial charge in [0.2, 0.25) is 5.91 Å². The molecule has 2 aliphatic rings. The average molecular weight is 335 g/mol. The topological polar surface area (TPSA) is 44.8 Å². The van der Waals surface area contributed by atoms with Gasteiger partial charge in [-0.2, -0.15) is 0 Å². The van der Waals surface area contributed by atoms with Gasteiger partial charge in [-0.25, -0.2) is 4.39 Å². The Balaban J connectivity index is 1.49. The number of benzene rings is 1. The van der Waals surface area contributed by atoms with Crippen LogP contribution in [0.1, 0.15) is 18.4 Å². The number of nitrogens with one attached hydrogen (secondary N) is 1. The highest BCUT2D eigenvalue weighted by Crippen LogP contribution is 2.13. The number of carbonyl (C=O) groups is 1. The summed E-state index contributed by atoms with van der Waals surface area (Å²) in [7, 11) is 0. The third-order valence-electron chi connectivity index (χ3n) is 4.71. The molecule has 2 fully saturated rings. The van der Waals surface area contributed by atoms with Gasteiger partial charge in [0.25, 0.3) is 0 Å². The SMILES string of the molecule is O=C(CC1COCCN1)N1CCCN(Cc2ccccc2F)CC1. The molecular weight excluding hydrogens is 309 g/mol. The zero-order valence-electron chi connectivity index (χ0n) is 14.0. The lowest BCUT2D eigenvalue weighted by Crippen LogP contribution is -2.45. The summed E-state index contributed by atoms with van der Waals surface area (Å²) in [6.45, 7) is 5.91. The van der Waals surface area contributed by atoms with E-state index in [2.05, 4.69) is 10.2 Å². The van der Waals surface area contributed by atoms with Crippen LogP contribution in [0, 0.1) is 5.82 Å². The Morgan fingerprint density at radius 2 is 2.12 bits per heavy atom. The highest BCUT2D eigenvalue weighted by Gasteiger charge is 2.23. The molecule has 2 saturated heterocycles. The van der Waals surface area contributed by atoms with Gasteiger partial charge in [0, 0.05) is 57.3 Å². The van der Waals surface area contributed by atoms with E-state index in [9.17, 15) is 9.18 Å². The number of morpholine rings is 1. The first kappa shape index (κ1) is 17.3. The van der Waals surface area contributed by atoms with Crippen LogP contribution in [-0.4, -0.2) is 67.7 Å².